The van der Waals surface area contributed by atoms with Gasteiger partial charge in [-0.1, -0.05) is 168 Å². The Bertz CT molecular complexity index is 5070. The van der Waals surface area contributed by atoms with E-state index in [0.717, 1.165) is 154 Å². The van der Waals surface area contributed by atoms with Gasteiger partial charge in [-0.2, -0.15) is 0 Å². The minimum Gasteiger partial charge on any atom is -0.656 e. The zero-order chi connectivity index (χ0) is 51.0. The Hall–Kier alpha value is -8.41. The molecule has 0 unspecified atom stereocenters. The third-order valence-electron chi connectivity index (χ3n) is 15.4. The quantitative estimate of drug-likeness (QED) is 0.176. The van der Waals surface area contributed by atoms with E-state index in [1.165, 1.54) is 0 Å². The van der Waals surface area contributed by atoms with Crippen molar-refractivity contribution in [1.29, 1.82) is 0 Å². The summed E-state index contributed by atoms with van der Waals surface area (Å²) in [6.07, 6.45) is 0. The van der Waals surface area contributed by atoms with Gasteiger partial charge in [0, 0.05) is 42.9 Å². The van der Waals surface area contributed by atoms with E-state index in [9.17, 15) is 0 Å². The van der Waals surface area contributed by atoms with Crippen molar-refractivity contribution in [3.05, 3.63) is 233 Å². The number of halogens is 3. The van der Waals surface area contributed by atoms with E-state index in [2.05, 4.69) is 164 Å². The van der Waals surface area contributed by atoms with Crippen LogP contribution in [0.25, 0.3) is 165 Å². The number of hydrogen-bond acceptors (Lipinski definition) is 3. The maximum absolute atomic E-state index is 7.09. The van der Waals surface area contributed by atoms with Crippen molar-refractivity contribution in [2.24, 2.45) is 0 Å². The van der Waals surface area contributed by atoms with Gasteiger partial charge >= 0.3 is 21.1 Å². The molecule has 11 aromatic carbocycles. The summed E-state index contributed by atoms with van der Waals surface area (Å²) in [4.78, 5) is 29.0. The predicted molar refractivity (Wildman–Crippen MR) is 322 cm³/mol. The van der Waals surface area contributed by atoms with Crippen LogP contribution >= 0.6 is 34.8 Å². The van der Waals surface area contributed by atoms with Gasteiger partial charge in [0.15, 0.2) is 0 Å². The average molecular weight is 1240 g/mol. The van der Waals surface area contributed by atoms with E-state index >= 15 is 0 Å². The third-order valence-corrected chi connectivity index (χ3v) is 16.1. The fourth-order valence-electron chi connectivity index (χ4n) is 11.9. The number of nitrogens with zero attached hydrogens (tertiary/aromatic N) is 5. The summed E-state index contributed by atoms with van der Waals surface area (Å²) in [5.74, 6) is 0.536. The van der Waals surface area contributed by atoms with E-state index in [-0.39, 0.29) is 21.1 Å². The molecule has 0 fully saturated rings. The Morgan fingerprint density at radius 1 is 0.282 bits per heavy atom. The number of benzene rings is 11. The summed E-state index contributed by atoms with van der Waals surface area (Å²) in [5.41, 5.74) is 13.7. The van der Waals surface area contributed by atoms with Crippen LogP contribution in [-0.4, -0.2) is 15.0 Å². The molecule has 8 bridgehead atoms. The molecule has 3 aromatic heterocycles. The van der Waals surface area contributed by atoms with Crippen LogP contribution in [0.2, 0.25) is 15.1 Å². The first-order valence-electron chi connectivity index (χ1n) is 25.4. The van der Waals surface area contributed by atoms with Crippen LogP contribution in [-0.2, 0) is 21.1 Å². The second kappa shape index (κ2) is 18.1. The molecule has 0 saturated heterocycles. The minimum atomic E-state index is 0. The molecule has 0 atom stereocenters. The Morgan fingerprint density at radius 3 is 1.00 bits per heavy atom. The summed E-state index contributed by atoms with van der Waals surface area (Å²) in [6.45, 7) is 0. The molecule has 0 spiro atoms. The maximum Gasteiger partial charge on any atom is 2.00 e. The Labute approximate surface area is 476 Å². The van der Waals surface area contributed by atoms with Gasteiger partial charge in [-0.15, -0.1) is 11.0 Å². The smallest absolute Gasteiger partial charge is 0.656 e. The molecule has 9 heteroatoms. The van der Waals surface area contributed by atoms with Crippen LogP contribution in [0, 0.1) is 0 Å². The third kappa shape index (κ3) is 7.37. The van der Waals surface area contributed by atoms with Crippen molar-refractivity contribution in [3.8, 4) is 78.5 Å². The van der Waals surface area contributed by atoms with E-state index in [1.54, 1.807) is 0 Å². The molecular weight excluding hydrogens is 1200 g/mol. The van der Waals surface area contributed by atoms with Gasteiger partial charge in [0.1, 0.15) is 0 Å². The second-order valence-electron chi connectivity index (χ2n) is 19.9. The van der Waals surface area contributed by atoms with Gasteiger partial charge in [-0.25, -0.2) is 4.98 Å². The molecule has 0 amide bonds. The van der Waals surface area contributed by atoms with Gasteiger partial charge in [0.2, 0.25) is 0 Å². The van der Waals surface area contributed by atoms with Crippen LogP contribution < -0.4 is 9.97 Å². The van der Waals surface area contributed by atoms with E-state index in [0.29, 0.717) is 26.5 Å². The van der Waals surface area contributed by atoms with E-state index in [4.69, 9.17) is 59.7 Å². The summed E-state index contributed by atoms with van der Waals surface area (Å²) in [6, 6.07) is 75.9. The molecule has 0 saturated carbocycles. The van der Waals surface area contributed by atoms with Crippen molar-refractivity contribution >= 4 is 122 Å². The maximum atomic E-state index is 7.09. The number of fused-ring (bicyclic) bond motifs is 24. The molecule has 16 rings (SSSR count). The van der Waals surface area contributed by atoms with Gasteiger partial charge in [-0.3, -0.25) is 4.98 Å². The first-order chi connectivity index (χ1) is 37.8. The normalized spacial score (nSPS) is 11.9. The van der Waals surface area contributed by atoms with Crippen LogP contribution in [0.4, 0.5) is 0 Å². The van der Waals surface area contributed by atoms with Gasteiger partial charge in [0.05, 0.1) is 22.9 Å². The summed E-state index contributed by atoms with van der Waals surface area (Å²) in [7, 11) is 0. The monoisotopic (exact) mass is 1230 g/mol. The predicted octanol–water partition coefficient (Wildman–Crippen LogP) is 19.5. The molecule has 0 aliphatic carbocycles. The van der Waals surface area contributed by atoms with E-state index in [1.807, 2.05) is 54.6 Å². The van der Waals surface area contributed by atoms with Crippen molar-refractivity contribution in [2.45, 2.75) is 0 Å². The second-order valence-corrected chi connectivity index (χ2v) is 21.2. The van der Waals surface area contributed by atoms with Crippen LogP contribution in [0.5, 0.6) is 0 Å². The molecule has 5 heterocycles. The fourth-order valence-corrected chi connectivity index (χ4v) is 12.5. The standard InChI is InChI=1S/C69H36Cl3N5.Pt/c70-48-23-9-20-45(26-48)59-62-51-29-37-12-1-3-14-39(37)31-53(51)64(73-62)60(46-21-10-24-49(71)27-46)66-55-33-41-16-5-7-18-43(41)35-57(55)68(75-66)77-69-58-36-44-19-8-6-17-42(44)34-56(58)67(76-69)61(47-22-11-25-50(72)28-47)65-54-32-40-15-4-2-13-38(40)30-52(54)63(59)74-65;/h1-36H;/q-2;+2. The van der Waals surface area contributed by atoms with Crippen molar-refractivity contribution in [1.82, 2.24) is 24.9 Å². The summed E-state index contributed by atoms with van der Waals surface area (Å²) in [5, 5.41) is 14.0. The van der Waals surface area contributed by atoms with E-state index < -0.39 is 0 Å². The largest absolute Gasteiger partial charge is 2.00 e. The molecular formula is C69H36Cl3N5Pt. The zero-order valence-electron chi connectivity index (χ0n) is 41.0. The molecule has 368 valence electrons. The SMILES string of the molecule is Clc1cccc(-c2c3nc(c(-c4cccc(Cl)c4)c4[n-]c(c(-c5cccc(Cl)c5)c5nc(nc6[n-]c2c2cc7ccccc7cc62)-c2cc6ccccc6cc2-5)c2cc5ccccc5cc42)-c2cc4ccccc4cc2-3)c1.[Pt+2]. The van der Waals surface area contributed by atoms with Crippen molar-refractivity contribution in [2.75, 3.05) is 0 Å². The Balaban J connectivity index is 0.00000529. The van der Waals surface area contributed by atoms with Crippen molar-refractivity contribution in [3.63, 3.8) is 0 Å². The van der Waals surface area contributed by atoms with Crippen LogP contribution in [0.15, 0.2) is 218 Å². The molecule has 5 nitrogen and oxygen atoms in total. The summed E-state index contributed by atoms with van der Waals surface area (Å²) < 4.78 is 0. The number of aromatic nitrogens is 5. The first kappa shape index (κ1) is 46.9. The number of rotatable bonds is 3. The topological polar surface area (TPSA) is 66.9 Å². The van der Waals surface area contributed by atoms with Gasteiger partial charge < -0.3 is 15.0 Å². The molecule has 14 aromatic rings. The van der Waals surface area contributed by atoms with Gasteiger partial charge in [0.25, 0.3) is 0 Å². The molecule has 0 radical (unpaired) electrons. The average Bonchev–Trinajstić information content (AvgIpc) is 4.39. The first-order valence-corrected chi connectivity index (χ1v) is 26.6. The van der Waals surface area contributed by atoms with Crippen LogP contribution in [0.3, 0.4) is 0 Å². The minimum absolute atomic E-state index is 0. The number of hydrogen-bond donors (Lipinski definition) is 0. The zero-order valence-corrected chi connectivity index (χ0v) is 45.5. The molecule has 2 aliphatic heterocycles. The summed E-state index contributed by atoms with van der Waals surface area (Å²) >= 11 is 21.2. The van der Waals surface area contributed by atoms with Gasteiger partial charge in [-0.05, 0) is 189 Å². The van der Waals surface area contributed by atoms with Crippen molar-refractivity contribution < 1.29 is 21.1 Å². The molecule has 78 heavy (non-hydrogen) atoms. The fraction of sp³-hybridized carbons (Fsp3) is 0. The molecule has 0 N–H and O–H groups in total. The Kier molecular flexibility index (Phi) is 10.9. The van der Waals surface area contributed by atoms with Crippen LogP contribution in [0.1, 0.15) is 0 Å². The Morgan fingerprint density at radius 2 is 0.603 bits per heavy atom. The molecule has 2 aliphatic rings.